The smallest absolute Gasteiger partial charge is 0.281 e. The number of nitrogens with zero attached hydrogens (tertiary/aromatic N) is 10. The topological polar surface area (TPSA) is 258 Å². The molecule has 5 aliphatic rings. The van der Waals surface area contributed by atoms with Crippen LogP contribution in [0.2, 0.25) is 0 Å². The van der Waals surface area contributed by atoms with Crippen molar-refractivity contribution < 1.29 is 48.2 Å². The summed E-state index contributed by atoms with van der Waals surface area (Å²) in [6, 6.07) is 14.0. The number of aliphatic hydroxyl groups excluding tert-OH is 2. The third-order valence-corrected chi connectivity index (χ3v) is 12.6. The molecule has 10 rings (SSSR count). The Bertz CT molecular complexity index is 2900. The van der Waals surface area contributed by atoms with Crippen LogP contribution < -0.4 is 35.6 Å². The first-order chi connectivity index (χ1) is 35.0. The lowest BCUT2D eigenvalue weighted by Gasteiger charge is -2.36. The van der Waals surface area contributed by atoms with Gasteiger partial charge in [-0.2, -0.15) is 4.99 Å². The van der Waals surface area contributed by atoms with Crippen LogP contribution in [0.15, 0.2) is 82.1 Å². The third-order valence-electron chi connectivity index (χ3n) is 12.6. The minimum Gasteiger partial charge on any atom is -0.491 e. The Morgan fingerprint density at radius 2 is 1.58 bits per heavy atom. The van der Waals surface area contributed by atoms with E-state index in [1.807, 2.05) is 41.5 Å². The van der Waals surface area contributed by atoms with Crippen molar-refractivity contribution in [3.63, 3.8) is 0 Å². The lowest BCUT2D eigenvalue weighted by atomic mass is 10.0. The van der Waals surface area contributed by atoms with Crippen molar-refractivity contribution in [1.82, 2.24) is 34.2 Å². The van der Waals surface area contributed by atoms with Crippen molar-refractivity contribution >= 4 is 45.9 Å². The van der Waals surface area contributed by atoms with E-state index in [4.69, 9.17) is 39.1 Å². The van der Waals surface area contributed by atoms with Crippen molar-refractivity contribution in [3.8, 4) is 23.0 Å². The van der Waals surface area contributed by atoms with Gasteiger partial charge in [-0.15, -0.1) is 0 Å². The number of amidine groups is 2. The predicted octanol–water partition coefficient (Wildman–Crippen LogP) is 1.87. The number of fused-ring (bicyclic) bond motifs is 6. The number of benzene rings is 2. The lowest BCUT2D eigenvalue weighted by molar-refractivity contribution is -0.0787. The van der Waals surface area contributed by atoms with Crippen molar-refractivity contribution in [3.05, 3.63) is 95.1 Å². The standard InChI is InChI=1S/C26H32N6O5.C24H28N6O5/c1-15-11-31(12-16(2)37-15)13-17(33)14-36-20-7-6-19-21(23(20)35-3)30-26(32-10-9-29-25(19)32)22-18(24(27)34)5-4-8-28-22;1-33-21-19(35-15-17(31)14-29-9-11-34-12-10-29)5-4-18-20(21)27-24(30-8-7-26-22(18)30)28-23(32)16-3-2-6-25-13-16/h4-8,15-17,33H,9-14H2,1-3H3,(H2,27,34);2-6,13,17,26,31H,7-12,14-15H2,1H3/t15-,16+,17-;17-/m11/s1. The molecule has 22 nitrogen and oxygen atoms in total. The van der Waals surface area contributed by atoms with Crippen LogP contribution in [0.1, 0.15) is 45.8 Å². The number of pyridine rings is 2. The fourth-order valence-electron chi connectivity index (χ4n) is 9.45. The summed E-state index contributed by atoms with van der Waals surface area (Å²) in [6.07, 6.45) is 3.56. The number of nitrogens with one attached hydrogen (secondary N) is 1. The molecule has 2 fully saturated rings. The molecular formula is C50H60N12O10. The number of β-amino-alcohol motifs (C(OH)–C–C–N with tert-alkyl or cyclic N) is 2. The van der Waals surface area contributed by atoms with Crippen LogP contribution >= 0.6 is 0 Å². The number of morpholine rings is 2. The zero-order chi connectivity index (χ0) is 50.3. The average molecular weight is 989 g/mol. The van der Waals surface area contributed by atoms with Gasteiger partial charge in [0.1, 0.15) is 54.0 Å². The Morgan fingerprint density at radius 1 is 0.875 bits per heavy atom. The third kappa shape index (κ3) is 11.0. The zero-order valence-electron chi connectivity index (χ0n) is 40.8. The second kappa shape index (κ2) is 22.6. The summed E-state index contributed by atoms with van der Waals surface area (Å²) >= 11 is 0. The molecule has 5 N–H and O–H groups in total. The second-order valence-electron chi connectivity index (χ2n) is 17.9. The fraction of sp³-hybridized carbons (Fsp3) is 0.440. The number of rotatable bonds is 15. The van der Waals surface area contributed by atoms with Gasteiger partial charge in [0, 0.05) is 88.4 Å². The quantitative estimate of drug-likeness (QED) is 0.117. The number of carbonyl (C=O) groups excluding carboxylic acids is 2. The highest BCUT2D eigenvalue weighted by atomic mass is 16.5. The Morgan fingerprint density at radius 3 is 2.29 bits per heavy atom. The number of ether oxygens (including phenoxy) is 6. The van der Waals surface area contributed by atoms with Crippen LogP contribution in [-0.2, 0) is 16.0 Å². The fourth-order valence-corrected chi connectivity index (χ4v) is 9.45. The van der Waals surface area contributed by atoms with Gasteiger partial charge in [0.15, 0.2) is 28.8 Å². The predicted molar refractivity (Wildman–Crippen MR) is 266 cm³/mol. The Labute approximate surface area is 415 Å². The van der Waals surface area contributed by atoms with E-state index in [0.717, 1.165) is 48.8 Å². The van der Waals surface area contributed by atoms with Gasteiger partial charge >= 0.3 is 0 Å². The average Bonchev–Trinajstić information content (AvgIpc) is 4.09. The summed E-state index contributed by atoms with van der Waals surface area (Å²) in [5.41, 5.74) is 8.77. The van der Waals surface area contributed by atoms with Crippen molar-refractivity contribution in [2.45, 2.75) is 44.8 Å². The van der Waals surface area contributed by atoms with E-state index in [0.29, 0.717) is 104 Å². The maximum Gasteiger partial charge on any atom is 0.281 e. The van der Waals surface area contributed by atoms with Gasteiger partial charge in [0.25, 0.3) is 11.8 Å². The number of hydrogen-bond acceptors (Lipinski definition) is 19. The molecule has 0 bridgehead atoms. The van der Waals surface area contributed by atoms with E-state index >= 15 is 0 Å². The number of hydrogen-bond donors (Lipinski definition) is 4. The highest BCUT2D eigenvalue weighted by Crippen LogP contribution is 2.44. The van der Waals surface area contributed by atoms with Crippen LogP contribution in [0.25, 0.3) is 10.9 Å². The summed E-state index contributed by atoms with van der Waals surface area (Å²) in [7, 11) is 3.09. The Hall–Kier alpha value is -7.08. The first kappa shape index (κ1) is 49.9. The van der Waals surface area contributed by atoms with Gasteiger partial charge < -0.3 is 54.6 Å². The molecule has 8 heterocycles. The van der Waals surface area contributed by atoms with E-state index in [-0.39, 0.29) is 36.6 Å². The molecule has 0 radical (unpaired) electrons. The number of methoxy groups -OCH3 is 2. The number of primary amides is 1. The Kier molecular flexibility index (Phi) is 15.6. The molecule has 72 heavy (non-hydrogen) atoms. The molecule has 5 aliphatic heterocycles. The van der Waals surface area contributed by atoms with Crippen molar-refractivity contribution in [2.24, 2.45) is 20.7 Å². The normalized spacial score (nSPS) is 19.6. The number of aliphatic hydroxyl groups is 2. The molecule has 5 aromatic rings. The number of carbonyl (C=O) groups is 2. The molecule has 0 spiro atoms. The molecule has 0 saturated carbocycles. The monoisotopic (exact) mass is 988 g/mol. The van der Waals surface area contributed by atoms with E-state index in [2.05, 4.69) is 40.1 Å². The maximum absolute atomic E-state index is 12.7. The molecule has 22 heteroatoms. The van der Waals surface area contributed by atoms with Gasteiger partial charge in [-0.25, -0.2) is 9.98 Å². The van der Waals surface area contributed by atoms with Crippen LogP contribution in [0, 0.1) is 0 Å². The van der Waals surface area contributed by atoms with E-state index in [1.54, 1.807) is 56.9 Å². The lowest BCUT2D eigenvalue weighted by Crippen LogP contribution is -2.48. The van der Waals surface area contributed by atoms with Crippen LogP contribution in [-0.4, -0.2) is 192 Å². The van der Waals surface area contributed by atoms with Gasteiger partial charge in [-0.3, -0.25) is 38.9 Å². The highest BCUT2D eigenvalue weighted by Gasteiger charge is 2.35. The highest BCUT2D eigenvalue weighted by molar-refractivity contribution is 6.22. The van der Waals surface area contributed by atoms with Gasteiger partial charge in [-0.1, -0.05) is 0 Å². The summed E-state index contributed by atoms with van der Waals surface area (Å²) < 4.78 is 36.4. The minimum atomic E-state index is -0.696. The molecular weight excluding hydrogens is 929 g/mol. The number of nitrogens with two attached hydrogens (primary N) is 1. The summed E-state index contributed by atoms with van der Waals surface area (Å²) in [6.45, 7) is 12.2. The van der Waals surface area contributed by atoms with E-state index < -0.39 is 24.0 Å². The van der Waals surface area contributed by atoms with Crippen molar-refractivity contribution in [2.75, 3.05) is 105 Å². The van der Waals surface area contributed by atoms with Gasteiger partial charge in [-0.05, 0) is 62.4 Å². The second-order valence-corrected chi connectivity index (χ2v) is 17.9. The zero-order valence-corrected chi connectivity index (χ0v) is 40.8. The molecule has 2 amide bonds. The number of aromatic nitrogens is 4. The number of aliphatic imine (C=N–C) groups is 2. The van der Waals surface area contributed by atoms with E-state index in [9.17, 15) is 19.8 Å². The number of amides is 2. The number of anilines is 1. The van der Waals surface area contributed by atoms with Crippen LogP contribution in [0.5, 0.6) is 23.0 Å². The van der Waals surface area contributed by atoms with Crippen molar-refractivity contribution in [1.29, 1.82) is 0 Å². The summed E-state index contributed by atoms with van der Waals surface area (Å²) in [5, 5.41) is 25.3. The summed E-state index contributed by atoms with van der Waals surface area (Å²) in [4.78, 5) is 58.0. The molecule has 0 unspecified atom stereocenters. The van der Waals surface area contributed by atoms with E-state index in [1.165, 1.54) is 6.20 Å². The molecule has 2 aromatic carbocycles. The SMILES string of the molecule is COc1c(OC[C@H](O)CN2CCOCC2)ccc2c3n(c(=NC(=O)c4cccnc4)nc12)CCN3.COc1c(OC[C@H](O)CN2C[C@@H](C)O[C@@H](C)C2)ccc2c1N=C(c1ncccc1C(N)=O)N1CCN=C21. The minimum absolute atomic E-state index is 0.0883. The van der Waals surface area contributed by atoms with Crippen LogP contribution in [0.4, 0.5) is 11.5 Å². The van der Waals surface area contributed by atoms with Gasteiger partial charge in [0.05, 0.1) is 57.3 Å². The largest absolute Gasteiger partial charge is 0.491 e. The molecule has 4 atom stereocenters. The van der Waals surface area contributed by atoms with Crippen LogP contribution in [0.3, 0.4) is 0 Å². The molecule has 2 saturated heterocycles. The Balaban J connectivity index is 0.000000178. The van der Waals surface area contributed by atoms with Gasteiger partial charge in [0.2, 0.25) is 5.62 Å². The summed E-state index contributed by atoms with van der Waals surface area (Å²) in [5.74, 6) is 2.75. The first-order valence-corrected chi connectivity index (χ1v) is 24.0. The molecule has 3 aromatic heterocycles. The maximum atomic E-state index is 12.7. The molecule has 0 aliphatic carbocycles. The molecule has 380 valence electrons. The first-order valence-electron chi connectivity index (χ1n) is 24.0.